The minimum atomic E-state index is -0.862. The highest BCUT2D eigenvalue weighted by molar-refractivity contribution is 5.86. The van der Waals surface area contributed by atoms with E-state index in [1.807, 2.05) is 44.2 Å². The van der Waals surface area contributed by atoms with Crippen molar-refractivity contribution in [3.8, 4) is 0 Å². The molecule has 0 aliphatic carbocycles. The first-order valence-electron chi connectivity index (χ1n) is 16.6. The molecule has 0 unspecified atom stereocenters. The Morgan fingerprint density at radius 2 is 1.67 bits per heavy atom. The summed E-state index contributed by atoms with van der Waals surface area (Å²) in [6.07, 6.45) is 1.51. The van der Waals surface area contributed by atoms with E-state index in [9.17, 15) is 19.2 Å². The van der Waals surface area contributed by atoms with Crippen molar-refractivity contribution in [2.45, 2.75) is 103 Å². The van der Waals surface area contributed by atoms with E-state index >= 15 is 0 Å². The van der Waals surface area contributed by atoms with Crippen molar-refractivity contribution in [3.05, 3.63) is 35.9 Å². The van der Waals surface area contributed by atoms with Gasteiger partial charge in [-0.25, -0.2) is 4.79 Å². The topological polar surface area (TPSA) is 127 Å². The van der Waals surface area contributed by atoms with Gasteiger partial charge in [-0.1, -0.05) is 71.4 Å². The van der Waals surface area contributed by atoms with Gasteiger partial charge in [0, 0.05) is 34.2 Å². The van der Waals surface area contributed by atoms with E-state index in [0.717, 1.165) is 18.4 Å². The first kappa shape index (κ1) is 39.2. The quantitative estimate of drug-likeness (QED) is 0.233. The molecule has 1 saturated heterocycles. The Morgan fingerprint density at radius 1 is 1.02 bits per heavy atom. The molecule has 3 amide bonds. The molecule has 2 rings (SSSR count). The van der Waals surface area contributed by atoms with Crippen molar-refractivity contribution in [2.24, 2.45) is 17.8 Å². The number of hydrogen-bond acceptors (Lipinski definition) is 8. The second kappa shape index (κ2) is 19.0. The van der Waals surface area contributed by atoms with Crippen LogP contribution in [0.15, 0.2) is 30.3 Å². The predicted octanol–water partition coefficient (Wildman–Crippen LogP) is 3.05. The molecule has 8 atom stereocenters. The molecule has 0 radical (unpaired) electrons. The molecule has 0 saturated carbocycles. The zero-order chi connectivity index (χ0) is 34.6. The molecule has 0 spiro atoms. The Kier molecular flexibility index (Phi) is 16.1. The summed E-state index contributed by atoms with van der Waals surface area (Å²) in [7, 11) is 8.00. The summed E-state index contributed by atoms with van der Waals surface area (Å²) in [5.41, 5.74) is 0.892. The zero-order valence-corrected chi connectivity index (χ0v) is 29.6. The molecule has 1 aliphatic rings. The molecule has 1 heterocycles. The molecule has 11 heteroatoms. The smallest absolute Gasteiger partial charge is 0.328 e. The van der Waals surface area contributed by atoms with Gasteiger partial charge >= 0.3 is 5.97 Å². The lowest BCUT2D eigenvalue weighted by Gasteiger charge is -2.40. The number of nitrogens with zero attached hydrogens (tertiary/aromatic N) is 2. The Hall–Kier alpha value is -3.02. The highest BCUT2D eigenvalue weighted by atomic mass is 16.5. The Morgan fingerprint density at radius 3 is 2.20 bits per heavy atom. The van der Waals surface area contributed by atoms with Gasteiger partial charge in [0.25, 0.3) is 0 Å². The lowest BCUT2D eigenvalue weighted by molar-refractivity contribution is -0.148. The highest BCUT2D eigenvalue weighted by Gasteiger charge is 2.43. The van der Waals surface area contributed by atoms with E-state index in [4.69, 9.17) is 14.2 Å². The van der Waals surface area contributed by atoms with E-state index in [0.29, 0.717) is 13.0 Å². The largest absolute Gasteiger partial charge is 0.467 e. The van der Waals surface area contributed by atoms with E-state index in [2.05, 4.69) is 24.5 Å². The van der Waals surface area contributed by atoms with Gasteiger partial charge in [-0.15, -0.1) is 0 Å². The minimum absolute atomic E-state index is 0.0341. The molecule has 1 aromatic carbocycles. The Bertz CT molecular complexity index is 1120. The van der Waals surface area contributed by atoms with Crippen molar-refractivity contribution < 1.29 is 33.4 Å². The van der Waals surface area contributed by atoms with Gasteiger partial charge in [0.05, 0.1) is 49.8 Å². The lowest BCUT2D eigenvalue weighted by Crippen LogP contribution is -2.56. The van der Waals surface area contributed by atoms with E-state index in [-0.39, 0.29) is 60.5 Å². The number of ether oxygens (including phenoxy) is 3. The maximum absolute atomic E-state index is 14.0. The van der Waals surface area contributed by atoms with Crippen molar-refractivity contribution in [2.75, 3.05) is 42.0 Å². The van der Waals surface area contributed by atoms with Crippen molar-refractivity contribution in [1.29, 1.82) is 0 Å². The second-order valence-corrected chi connectivity index (χ2v) is 12.9. The molecule has 1 aliphatic heterocycles. The summed E-state index contributed by atoms with van der Waals surface area (Å²) >= 11 is 0. The van der Waals surface area contributed by atoms with Crippen LogP contribution in [0.2, 0.25) is 0 Å². The van der Waals surface area contributed by atoms with Crippen LogP contribution in [0.3, 0.4) is 0 Å². The maximum atomic E-state index is 14.0. The molecule has 0 aromatic heterocycles. The fourth-order valence-electron chi connectivity index (χ4n) is 6.76. The fraction of sp³-hybridized carbons (Fsp3) is 0.714. The molecule has 2 N–H and O–H groups in total. The summed E-state index contributed by atoms with van der Waals surface area (Å²) in [4.78, 5) is 57.1. The molecular formula is C35H58N4O7. The van der Waals surface area contributed by atoms with Crippen molar-refractivity contribution >= 4 is 23.7 Å². The van der Waals surface area contributed by atoms with Crippen LogP contribution in [0.25, 0.3) is 0 Å². The predicted molar refractivity (Wildman–Crippen MR) is 178 cm³/mol. The van der Waals surface area contributed by atoms with Gasteiger partial charge in [-0.3, -0.25) is 14.4 Å². The Labute approximate surface area is 276 Å². The first-order valence-corrected chi connectivity index (χ1v) is 16.6. The fourth-order valence-corrected chi connectivity index (χ4v) is 6.76. The average molecular weight is 647 g/mol. The van der Waals surface area contributed by atoms with Gasteiger partial charge in [0.1, 0.15) is 6.04 Å². The molecule has 260 valence electrons. The van der Waals surface area contributed by atoms with Crippen molar-refractivity contribution in [1.82, 2.24) is 20.4 Å². The number of likely N-dealkylation sites (tertiary alicyclic amines) is 1. The lowest BCUT2D eigenvalue weighted by atomic mass is 9.89. The van der Waals surface area contributed by atoms with Gasteiger partial charge in [-0.05, 0) is 37.3 Å². The van der Waals surface area contributed by atoms with Gasteiger partial charge in [0.2, 0.25) is 17.7 Å². The Balaban J connectivity index is 2.23. The van der Waals surface area contributed by atoms with Gasteiger partial charge in [-0.2, -0.15) is 0 Å². The monoisotopic (exact) mass is 646 g/mol. The van der Waals surface area contributed by atoms with Gasteiger partial charge in [0.15, 0.2) is 0 Å². The zero-order valence-electron chi connectivity index (χ0n) is 29.6. The summed E-state index contributed by atoms with van der Waals surface area (Å²) in [5, 5.41) is 5.99. The standard InChI is InChI=1S/C35H58N4O7/c1-11-23(4)31(38(7)34(42)30(36-6)22(2)3)28(44-8)21-29(40)39-19-15-18-27(39)32(45-9)24(5)33(41)37-26(35(43)46-10)20-25-16-13-12-14-17-25/h12-14,16-17,22-24,26-28,30-32,36H,11,15,18-21H2,1-10H3,(H,37,41)/t23-,24+,26-,27-,28+,30-,31-,32+/m0/s1. The average Bonchev–Trinajstić information content (AvgIpc) is 3.53. The molecule has 0 bridgehead atoms. The number of carbonyl (C=O) groups excluding carboxylic acids is 4. The van der Waals surface area contributed by atoms with E-state index in [1.165, 1.54) is 7.11 Å². The summed E-state index contributed by atoms with van der Waals surface area (Å²) < 4.78 is 16.8. The number of methoxy groups -OCH3 is 3. The number of amides is 3. The summed E-state index contributed by atoms with van der Waals surface area (Å²) in [6, 6.07) is 7.55. The molecule has 11 nitrogen and oxygen atoms in total. The number of benzene rings is 1. The maximum Gasteiger partial charge on any atom is 0.328 e. The number of nitrogens with one attached hydrogen (secondary N) is 2. The summed E-state index contributed by atoms with van der Waals surface area (Å²) in [5.74, 6) is -1.51. The van der Waals surface area contributed by atoms with E-state index < -0.39 is 30.1 Å². The van der Waals surface area contributed by atoms with Crippen LogP contribution in [-0.4, -0.2) is 112 Å². The summed E-state index contributed by atoms with van der Waals surface area (Å²) in [6.45, 7) is 10.4. The highest BCUT2D eigenvalue weighted by Crippen LogP contribution is 2.29. The minimum Gasteiger partial charge on any atom is -0.467 e. The number of likely N-dealkylation sites (N-methyl/N-ethyl adjacent to an activating group) is 2. The third-order valence-electron chi connectivity index (χ3n) is 9.59. The normalized spacial score (nSPS) is 19.5. The third kappa shape index (κ3) is 9.99. The third-order valence-corrected chi connectivity index (χ3v) is 9.59. The van der Waals surface area contributed by atoms with Crippen LogP contribution in [0.1, 0.15) is 65.9 Å². The van der Waals surface area contributed by atoms with Crippen LogP contribution in [0, 0.1) is 17.8 Å². The number of carbonyl (C=O) groups is 4. The van der Waals surface area contributed by atoms with E-state index in [1.54, 1.807) is 45.0 Å². The van der Waals surface area contributed by atoms with Crippen molar-refractivity contribution in [3.63, 3.8) is 0 Å². The first-order chi connectivity index (χ1) is 21.9. The van der Waals surface area contributed by atoms with Gasteiger partial charge < -0.3 is 34.6 Å². The molecular weight excluding hydrogens is 588 g/mol. The van der Waals surface area contributed by atoms with Crippen LogP contribution < -0.4 is 10.6 Å². The number of esters is 1. The molecule has 1 fully saturated rings. The molecule has 1 aromatic rings. The van der Waals surface area contributed by atoms with Crippen LogP contribution in [0.5, 0.6) is 0 Å². The SMILES string of the molecule is CC[C@H](C)[C@@H]([C@@H](CC(=O)N1CCC[C@H]1[C@H](OC)[C@@H](C)C(=O)N[C@@H](Cc1ccccc1)C(=O)OC)OC)N(C)C(=O)[C@@H](NC)C(C)C. The number of hydrogen-bond donors (Lipinski definition) is 2. The second-order valence-electron chi connectivity index (χ2n) is 12.9. The number of rotatable bonds is 18. The molecule has 46 heavy (non-hydrogen) atoms. The van der Waals surface area contributed by atoms with Crippen LogP contribution in [-0.2, 0) is 39.8 Å². The van der Waals surface area contributed by atoms with Crippen LogP contribution in [0.4, 0.5) is 0 Å². The van der Waals surface area contributed by atoms with Crippen LogP contribution >= 0.6 is 0 Å².